The van der Waals surface area contributed by atoms with Gasteiger partial charge in [0.1, 0.15) is 29.9 Å². The Balaban J connectivity index is 2.14. The molecule has 1 aliphatic heterocycles. The molecule has 0 saturated carbocycles. The highest BCUT2D eigenvalue weighted by molar-refractivity contribution is 5.40. The number of hydroxylamine groups is 2. The van der Waals surface area contributed by atoms with Crippen molar-refractivity contribution < 1.29 is 39.9 Å². The van der Waals surface area contributed by atoms with Crippen LogP contribution >= 0.6 is 0 Å². The number of nitrogens with zero attached hydrogens (tertiary/aromatic N) is 3. The minimum atomic E-state index is -3.24. The molecule has 0 aliphatic carbocycles. The molecule has 0 amide bonds. The quantitative estimate of drug-likeness (QED) is 0.187. The molecule has 32 heavy (non-hydrogen) atoms. The number of hydrogen-bond acceptors (Lipinski definition) is 11. The minimum Gasteiger partial charge on any atom is -0.508 e. The Labute approximate surface area is 181 Å². The van der Waals surface area contributed by atoms with Gasteiger partial charge in [-0.25, -0.2) is 18.7 Å². The Morgan fingerprint density at radius 1 is 1.34 bits per heavy atom. The smallest absolute Gasteiger partial charge is 0.353 e. The van der Waals surface area contributed by atoms with E-state index >= 15 is 0 Å². The van der Waals surface area contributed by atoms with Gasteiger partial charge in [-0.15, -0.1) is 5.06 Å². The summed E-state index contributed by atoms with van der Waals surface area (Å²) in [6, 6.07) is 5.37. The van der Waals surface area contributed by atoms with Crippen molar-refractivity contribution in [2.45, 2.75) is 49.9 Å². The van der Waals surface area contributed by atoms with Crippen molar-refractivity contribution in [2.24, 2.45) is 0 Å². The number of aromatic nitrogens is 2. The number of aliphatic hydroxyl groups excluding tert-OH is 2. The van der Waals surface area contributed by atoms with Crippen LogP contribution in [-0.2, 0) is 23.6 Å². The van der Waals surface area contributed by atoms with Gasteiger partial charge in [0.05, 0.1) is 13.2 Å². The molecule has 12 nitrogen and oxygen atoms in total. The topological polar surface area (TPSA) is 195 Å². The maximum atomic E-state index is 13.5. The summed E-state index contributed by atoms with van der Waals surface area (Å²) in [5.74, 6) is -3.84. The van der Waals surface area contributed by atoms with Gasteiger partial charge < -0.3 is 41.2 Å². The molecule has 1 unspecified atom stereocenters. The zero-order valence-corrected chi connectivity index (χ0v) is 17.0. The van der Waals surface area contributed by atoms with Crippen LogP contribution in [0.5, 0.6) is 5.75 Å². The van der Waals surface area contributed by atoms with Gasteiger partial charge in [0.2, 0.25) is 5.72 Å². The molecular formula is C19H25FN4O8. The highest BCUT2D eigenvalue weighted by Gasteiger charge is 2.70. The van der Waals surface area contributed by atoms with E-state index in [1.165, 1.54) is 31.2 Å². The molecule has 2 aromatic rings. The number of alkyl halides is 1. The van der Waals surface area contributed by atoms with Gasteiger partial charge in [-0.1, -0.05) is 12.1 Å². The summed E-state index contributed by atoms with van der Waals surface area (Å²) in [4.78, 5) is 16.0. The molecule has 1 aliphatic rings. The molecule has 1 aromatic heterocycles. The van der Waals surface area contributed by atoms with E-state index in [-0.39, 0.29) is 27.4 Å². The second-order valence-corrected chi connectivity index (χ2v) is 7.61. The number of nitrogens with two attached hydrogens (primary N) is 1. The van der Waals surface area contributed by atoms with E-state index in [1.54, 1.807) is 0 Å². The summed E-state index contributed by atoms with van der Waals surface area (Å²) in [6.07, 6.45) is -4.50. The van der Waals surface area contributed by atoms with E-state index in [9.17, 15) is 39.9 Å². The van der Waals surface area contributed by atoms with Gasteiger partial charge >= 0.3 is 11.6 Å². The molecule has 1 saturated heterocycles. The van der Waals surface area contributed by atoms with Crippen LogP contribution in [0.4, 0.5) is 10.2 Å². The third-order valence-corrected chi connectivity index (χ3v) is 5.30. The van der Waals surface area contributed by atoms with Crippen LogP contribution in [0.3, 0.4) is 0 Å². The van der Waals surface area contributed by atoms with Gasteiger partial charge in [-0.05, 0) is 24.6 Å². The van der Waals surface area contributed by atoms with Crippen molar-refractivity contribution in [2.75, 3.05) is 12.3 Å². The van der Waals surface area contributed by atoms with E-state index in [4.69, 9.17) is 10.5 Å². The van der Waals surface area contributed by atoms with Gasteiger partial charge in [-0.3, -0.25) is 0 Å². The lowest BCUT2D eigenvalue weighted by Crippen LogP contribution is -2.68. The number of anilines is 1. The first-order valence-corrected chi connectivity index (χ1v) is 9.62. The van der Waals surface area contributed by atoms with Crippen molar-refractivity contribution >= 4 is 5.82 Å². The molecule has 13 heteroatoms. The largest absolute Gasteiger partial charge is 0.508 e. The van der Waals surface area contributed by atoms with Gasteiger partial charge in [0.25, 0.3) is 0 Å². The Bertz CT molecular complexity index is 1020. The van der Waals surface area contributed by atoms with Crippen LogP contribution in [0.15, 0.2) is 35.3 Å². The number of aliphatic hydroxyl groups is 4. The number of aromatic hydroxyl groups is 1. The number of benzene rings is 1. The Morgan fingerprint density at radius 2 is 1.97 bits per heavy atom. The predicted octanol–water partition coefficient (Wildman–Crippen LogP) is -1.63. The van der Waals surface area contributed by atoms with E-state index in [1.807, 2.05) is 0 Å². The van der Waals surface area contributed by atoms with Crippen LogP contribution in [0.2, 0.25) is 0 Å². The number of halogens is 1. The first kappa shape index (κ1) is 24.0. The van der Waals surface area contributed by atoms with E-state index in [0.717, 1.165) is 6.20 Å². The third kappa shape index (κ3) is 3.84. The third-order valence-electron chi connectivity index (χ3n) is 5.30. The van der Waals surface area contributed by atoms with Crippen molar-refractivity contribution in [3.05, 3.63) is 52.1 Å². The number of phenols is 1. The summed E-state index contributed by atoms with van der Waals surface area (Å²) in [7, 11) is 0. The zero-order chi connectivity index (χ0) is 23.8. The second-order valence-electron chi connectivity index (χ2n) is 7.61. The van der Waals surface area contributed by atoms with Gasteiger partial charge in [-0.2, -0.15) is 0 Å². The number of phenolic OH excluding ortho intramolecular Hbond substituents is 1. The predicted molar refractivity (Wildman–Crippen MR) is 106 cm³/mol. The maximum Gasteiger partial charge on any atom is 0.353 e. The highest BCUT2D eigenvalue weighted by Crippen LogP contribution is 2.44. The lowest BCUT2D eigenvalue weighted by atomic mass is 9.99. The Kier molecular flexibility index (Phi) is 6.53. The molecule has 1 aromatic carbocycles. The molecule has 2 heterocycles. The van der Waals surface area contributed by atoms with Crippen LogP contribution in [0.25, 0.3) is 0 Å². The molecule has 0 radical (unpaired) electrons. The Hall–Kier alpha value is -2.65. The first-order chi connectivity index (χ1) is 15.0. The van der Waals surface area contributed by atoms with E-state index in [0.29, 0.717) is 5.56 Å². The summed E-state index contributed by atoms with van der Waals surface area (Å²) >= 11 is 0. The zero-order valence-electron chi connectivity index (χ0n) is 17.0. The number of ether oxygens (including phenoxy) is 1. The monoisotopic (exact) mass is 456 g/mol. The fourth-order valence-electron chi connectivity index (χ4n) is 3.64. The standard InChI is InChI=1S/C19H25FN4O8/c1-10(20)6-12-7-22-17(28)24(16(12)21)19(30)18(29,15(27)14(9-25)32-19)23(31)8-11-2-4-13(26)5-3-11/h2-5,7,10,14-15,25-27,29-31H,6,8-9,21H2,1H3/t10?,14-,15-,18-,19+/m1/s1. The van der Waals surface area contributed by atoms with E-state index < -0.39 is 54.7 Å². The van der Waals surface area contributed by atoms with E-state index in [2.05, 4.69) is 4.98 Å². The SMILES string of the molecule is CC(F)Cc1cnc(=O)n([C@@]2(O)O[C@H](CO)[C@@H](O)[C@]2(O)N(O)Cc2ccc(O)cc2)c1N. The first-order valence-electron chi connectivity index (χ1n) is 9.62. The second kappa shape index (κ2) is 8.71. The molecular weight excluding hydrogens is 431 g/mol. The maximum absolute atomic E-state index is 13.5. The summed E-state index contributed by atoms with van der Waals surface area (Å²) in [6.45, 7) is -0.215. The molecule has 0 bridgehead atoms. The lowest BCUT2D eigenvalue weighted by molar-refractivity contribution is -0.413. The van der Waals surface area contributed by atoms with Crippen molar-refractivity contribution in [3.63, 3.8) is 0 Å². The average Bonchev–Trinajstić information content (AvgIpc) is 2.93. The Morgan fingerprint density at radius 3 is 2.53 bits per heavy atom. The van der Waals surface area contributed by atoms with Crippen LogP contribution in [-0.4, -0.2) is 76.1 Å². The van der Waals surface area contributed by atoms with Crippen LogP contribution in [0, 0.1) is 0 Å². The summed E-state index contributed by atoms with van der Waals surface area (Å²) in [5.41, 5.74) is 1.89. The summed E-state index contributed by atoms with van der Waals surface area (Å²) in [5, 5.41) is 63.0. The molecule has 1 fully saturated rings. The van der Waals surface area contributed by atoms with Gasteiger partial charge in [0.15, 0.2) is 0 Å². The lowest BCUT2D eigenvalue weighted by Gasteiger charge is -2.42. The highest BCUT2D eigenvalue weighted by atomic mass is 19.1. The molecule has 3 rings (SSSR count). The van der Waals surface area contributed by atoms with Crippen LogP contribution < -0.4 is 11.4 Å². The number of nitrogen functional groups attached to an aromatic ring is 1. The van der Waals surface area contributed by atoms with Crippen molar-refractivity contribution in [1.29, 1.82) is 0 Å². The summed E-state index contributed by atoms with van der Waals surface area (Å²) < 4.78 is 19.1. The normalized spacial score (nSPS) is 28.9. The average molecular weight is 456 g/mol. The number of hydrogen-bond donors (Lipinski definition) is 7. The van der Waals surface area contributed by atoms with Crippen molar-refractivity contribution in [3.8, 4) is 5.75 Å². The fourth-order valence-corrected chi connectivity index (χ4v) is 3.64. The minimum absolute atomic E-state index is 0.0102. The number of rotatable bonds is 7. The molecule has 0 spiro atoms. The fraction of sp³-hybridized carbons (Fsp3) is 0.474. The molecule has 8 N–H and O–H groups in total. The molecule has 176 valence electrons. The van der Waals surface area contributed by atoms with Gasteiger partial charge in [0, 0.05) is 18.2 Å². The van der Waals surface area contributed by atoms with Crippen LogP contribution in [0.1, 0.15) is 18.1 Å². The molecule has 5 atom stereocenters. The van der Waals surface area contributed by atoms with Crippen molar-refractivity contribution in [1.82, 2.24) is 14.6 Å².